The van der Waals surface area contributed by atoms with Crippen LogP contribution in [-0.2, 0) is 14.4 Å². The normalized spacial score (nSPS) is 10.9. The van der Waals surface area contributed by atoms with Crippen LogP contribution in [-0.4, -0.2) is 47.4 Å². The first-order valence-corrected chi connectivity index (χ1v) is 7.86. The van der Waals surface area contributed by atoms with Gasteiger partial charge in [0.2, 0.25) is 12.2 Å². The van der Waals surface area contributed by atoms with Crippen LogP contribution in [0, 0.1) is 12.0 Å². The molecule has 1 unspecified atom stereocenters. The Hall–Kier alpha value is -2.92. The third-order valence-corrected chi connectivity index (χ3v) is 3.06. The summed E-state index contributed by atoms with van der Waals surface area (Å²) in [5, 5.41) is 16.9. The zero-order valence-corrected chi connectivity index (χ0v) is 13.7. The van der Waals surface area contributed by atoms with Crippen molar-refractivity contribution in [2.45, 2.75) is 31.7 Å². The summed E-state index contributed by atoms with van der Waals surface area (Å²) in [4.78, 5) is 37.0. The van der Waals surface area contributed by atoms with Crippen molar-refractivity contribution in [3.63, 3.8) is 0 Å². The van der Waals surface area contributed by atoms with Crippen LogP contribution in [0.5, 0.6) is 0 Å². The van der Waals surface area contributed by atoms with E-state index in [1.54, 1.807) is 12.5 Å². The molecule has 8 nitrogen and oxygen atoms in total. The topological polar surface area (TPSA) is 120 Å². The Morgan fingerprint density at radius 2 is 2.12 bits per heavy atom. The predicted octanol–water partition coefficient (Wildman–Crippen LogP) is 0.283. The lowest BCUT2D eigenvalue weighted by atomic mass is 10.2. The number of amides is 1. The zero-order valence-electron chi connectivity index (χ0n) is 13.7. The van der Waals surface area contributed by atoms with Gasteiger partial charge in [-0.15, -0.1) is 0 Å². The monoisotopic (exact) mass is 345 g/mol. The Morgan fingerprint density at radius 3 is 2.80 bits per heavy atom. The van der Waals surface area contributed by atoms with Crippen LogP contribution >= 0.6 is 0 Å². The highest BCUT2D eigenvalue weighted by Gasteiger charge is 2.16. The average Bonchev–Trinajstić information content (AvgIpc) is 2.60. The number of carboxylic acids is 1. The molecule has 0 aliphatic rings. The van der Waals surface area contributed by atoms with Crippen molar-refractivity contribution in [3.8, 4) is 12.0 Å². The van der Waals surface area contributed by atoms with Crippen molar-refractivity contribution in [3.05, 3.63) is 24.4 Å². The van der Waals surface area contributed by atoms with Gasteiger partial charge < -0.3 is 15.7 Å². The van der Waals surface area contributed by atoms with Gasteiger partial charge in [-0.1, -0.05) is 12.0 Å². The largest absolute Gasteiger partial charge is 0.481 e. The number of aliphatic carboxylic acids is 1. The van der Waals surface area contributed by atoms with Crippen LogP contribution in [0.15, 0.2) is 24.4 Å². The molecule has 1 aromatic rings. The van der Waals surface area contributed by atoms with Crippen LogP contribution in [0.4, 0.5) is 5.82 Å². The molecule has 0 aliphatic carbocycles. The summed E-state index contributed by atoms with van der Waals surface area (Å²) in [6.45, 7) is 1.18. The van der Waals surface area contributed by atoms with E-state index in [1.807, 2.05) is 18.2 Å². The summed E-state index contributed by atoms with van der Waals surface area (Å²) in [5.41, 5.74) is 0. The van der Waals surface area contributed by atoms with E-state index >= 15 is 0 Å². The van der Waals surface area contributed by atoms with Gasteiger partial charge in [-0.2, -0.15) is 0 Å². The Bertz CT molecular complexity index is 610. The number of rotatable bonds is 11. The van der Waals surface area contributed by atoms with Crippen molar-refractivity contribution in [1.29, 1.82) is 0 Å². The molecular formula is C17H21N4O4. The van der Waals surface area contributed by atoms with E-state index in [9.17, 15) is 14.4 Å². The van der Waals surface area contributed by atoms with Gasteiger partial charge in [0, 0.05) is 31.6 Å². The molecule has 1 atom stereocenters. The molecule has 4 N–H and O–H groups in total. The van der Waals surface area contributed by atoms with E-state index in [0.29, 0.717) is 13.1 Å². The fourth-order valence-corrected chi connectivity index (χ4v) is 1.81. The molecule has 1 heterocycles. The fourth-order valence-electron chi connectivity index (χ4n) is 1.81. The van der Waals surface area contributed by atoms with Crippen molar-refractivity contribution in [2.24, 2.45) is 0 Å². The maximum atomic E-state index is 11.9. The van der Waals surface area contributed by atoms with Gasteiger partial charge in [-0.25, -0.2) is 4.98 Å². The maximum absolute atomic E-state index is 11.9. The molecule has 133 valence electrons. The molecular weight excluding hydrogens is 324 g/mol. The van der Waals surface area contributed by atoms with Crippen molar-refractivity contribution in [1.82, 2.24) is 15.6 Å². The molecule has 25 heavy (non-hydrogen) atoms. The third kappa shape index (κ3) is 9.73. The number of hydrogen-bond acceptors (Lipinski definition) is 6. The van der Waals surface area contributed by atoms with E-state index in [4.69, 9.17) is 5.11 Å². The molecule has 0 fully saturated rings. The maximum Gasteiger partial charge on any atom is 0.304 e. The lowest BCUT2D eigenvalue weighted by Gasteiger charge is -2.14. The van der Waals surface area contributed by atoms with E-state index in [0.717, 1.165) is 12.2 Å². The van der Waals surface area contributed by atoms with E-state index < -0.39 is 17.9 Å². The summed E-state index contributed by atoms with van der Waals surface area (Å²) in [7, 11) is 0. The number of hydrogen-bond donors (Lipinski definition) is 4. The van der Waals surface area contributed by atoms with Crippen LogP contribution in [0.1, 0.15) is 25.7 Å². The molecule has 1 amide bonds. The second kappa shape index (κ2) is 12.5. The standard InChI is InChI=1S/C17H21N4O4/c22-13-8-14(17(25)21-10-4-2-7-16(23)24)18-11-5-12-20-15-6-1-3-9-19-15/h1,3,6,9,14,18H,2,5,7-8,11-12H2,(H,19,20)(H,21,25)(H,23,24). The van der Waals surface area contributed by atoms with Crippen LogP contribution in [0.2, 0.25) is 0 Å². The SMILES string of the molecule is O=[C]CC(NCCCNc1ccccn1)C(=O)NC#CCCC(=O)O. The van der Waals surface area contributed by atoms with Crippen molar-refractivity contribution >= 4 is 24.0 Å². The highest BCUT2D eigenvalue weighted by atomic mass is 16.4. The number of nitrogens with one attached hydrogen (secondary N) is 3. The number of nitrogens with zero attached hydrogens (tertiary/aromatic N) is 1. The van der Waals surface area contributed by atoms with Gasteiger partial charge in [0.15, 0.2) is 0 Å². The molecule has 1 aromatic heterocycles. The molecule has 8 heteroatoms. The molecule has 0 saturated carbocycles. The second-order valence-electron chi connectivity index (χ2n) is 5.04. The summed E-state index contributed by atoms with van der Waals surface area (Å²) in [6.07, 6.45) is 4.10. The van der Waals surface area contributed by atoms with Gasteiger partial charge >= 0.3 is 5.97 Å². The highest BCUT2D eigenvalue weighted by Crippen LogP contribution is 1.99. The predicted molar refractivity (Wildman–Crippen MR) is 92.2 cm³/mol. The van der Waals surface area contributed by atoms with Gasteiger partial charge in [0.1, 0.15) is 5.82 Å². The minimum atomic E-state index is -0.949. The third-order valence-electron chi connectivity index (χ3n) is 3.06. The molecule has 0 aliphatic heterocycles. The molecule has 0 bridgehead atoms. The van der Waals surface area contributed by atoms with Crippen molar-refractivity contribution < 1.29 is 19.5 Å². The Kier molecular flexibility index (Phi) is 10.1. The summed E-state index contributed by atoms with van der Waals surface area (Å²) in [5.74, 6) is 1.92. The number of carbonyl (C=O) groups excluding carboxylic acids is 2. The zero-order chi connectivity index (χ0) is 18.3. The summed E-state index contributed by atoms with van der Waals surface area (Å²) in [6, 6.07) is 7.24. The second-order valence-corrected chi connectivity index (χ2v) is 5.04. The van der Waals surface area contributed by atoms with Gasteiger partial charge in [-0.05, 0) is 25.1 Å². The lowest BCUT2D eigenvalue weighted by molar-refractivity contribution is -0.136. The molecule has 0 saturated heterocycles. The first-order chi connectivity index (χ1) is 12.1. The first-order valence-electron chi connectivity index (χ1n) is 7.86. The van der Waals surface area contributed by atoms with Crippen LogP contribution < -0.4 is 16.0 Å². The van der Waals surface area contributed by atoms with E-state index in [2.05, 4.69) is 32.9 Å². The van der Waals surface area contributed by atoms with Crippen LogP contribution in [0.25, 0.3) is 0 Å². The van der Waals surface area contributed by atoms with E-state index in [-0.39, 0.29) is 19.3 Å². The van der Waals surface area contributed by atoms with Crippen LogP contribution in [0.3, 0.4) is 0 Å². The Labute approximate surface area is 146 Å². The summed E-state index contributed by atoms with van der Waals surface area (Å²) < 4.78 is 0. The summed E-state index contributed by atoms with van der Waals surface area (Å²) >= 11 is 0. The number of carboxylic acid groups (broad SMARTS) is 1. The van der Waals surface area contributed by atoms with Gasteiger partial charge in [-0.3, -0.25) is 19.7 Å². The molecule has 0 aromatic carbocycles. The average molecular weight is 345 g/mol. The molecule has 1 rings (SSSR count). The Balaban J connectivity index is 2.26. The lowest BCUT2D eigenvalue weighted by Crippen LogP contribution is -2.43. The van der Waals surface area contributed by atoms with Crippen molar-refractivity contribution in [2.75, 3.05) is 18.4 Å². The first kappa shape index (κ1) is 20.1. The molecule has 1 radical (unpaired) electrons. The number of carbonyl (C=O) groups is 2. The highest BCUT2D eigenvalue weighted by molar-refractivity contribution is 5.85. The smallest absolute Gasteiger partial charge is 0.304 e. The van der Waals surface area contributed by atoms with Gasteiger partial charge in [0.25, 0.3) is 0 Å². The number of pyridine rings is 1. The quantitative estimate of drug-likeness (QED) is 0.258. The van der Waals surface area contributed by atoms with Gasteiger partial charge in [0.05, 0.1) is 12.5 Å². The minimum Gasteiger partial charge on any atom is -0.481 e. The Morgan fingerprint density at radius 1 is 1.28 bits per heavy atom. The fraction of sp³-hybridized carbons (Fsp3) is 0.412. The minimum absolute atomic E-state index is 0.0870. The number of anilines is 1. The van der Waals surface area contributed by atoms with E-state index in [1.165, 1.54) is 0 Å². The number of aromatic nitrogens is 1. The molecule has 0 spiro atoms.